The summed E-state index contributed by atoms with van der Waals surface area (Å²) in [5, 5.41) is 2.20. The third kappa shape index (κ3) is 3.26. The van der Waals surface area contributed by atoms with Crippen molar-refractivity contribution in [2.45, 2.75) is 29.5 Å². The predicted octanol–water partition coefficient (Wildman–Crippen LogP) is 2.38. The summed E-state index contributed by atoms with van der Waals surface area (Å²) < 4.78 is 0. The fourth-order valence-corrected chi connectivity index (χ4v) is 4.17. The van der Waals surface area contributed by atoms with E-state index in [-0.39, 0.29) is 18.7 Å². The lowest BCUT2D eigenvalue weighted by Gasteiger charge is -2.27. The van der Waals surface area contributed by atoms with Crippen molar-refractivity contribution in [1.29, 1.82) is 0 Å². The molecule has 7 heteroatoms. The molecule has 0 saturated carbocycles. The zero-order chi connectivity index (χ0) is 19.0. The first-order valence-corrected chi connectivity index (χ1v) is 9.55. The maximum absolute atomic E-state index is 12.8. The second-order valence-corrected chi connectivity index (χ2v) is 7.48. The summed E-state index contributed by atoms with van der Waals surface area (Å²) in [6, 6.07) is 14.2. The standard InChI is InChI=1S/C20H16N2O4S/c23-17-9-8-16(18(24)21-17)22-19(25)14-7-6-13(10-15(14)20(22)26)27-11-12-4-2-1-3-5-12/h1-7,10,16H,8-9,11H2,(H,21,23,24). The molecule has 2 aliphatic heterocycles. The molecule has 2 aromatic carbocycles. The van der Waals surface area contributed by atoms with Gasteiger partial charge in [0.1, 0.15) is 6.04 Å². The van der Waals surface area contributed by atoms with E-state index < -0.39 is 23.8 Å². The third-order valence-corrected chi connectivity index (χ3v) is 5.72. The Morgan fingerprint density at radius 2 is 1.70 bits per heavy atom. The van der Waals surface area contributed by atoms with Gasteiger partial charge in [-0.3, -0.25) is 29.4 Å². The largest absolute Gasteiger partial charge is 0.295 e. The number of hydrogen-bond acceptors (Lipinski definition) is 5. The van der Waals surface area contributed by atoms with Crippen LogP contribution in [0.25, 0.3) is 0 Å². The van der Waals surface area contributed by atoms with Crippen LogP contribution in [0.4, 0.5) is 0 Å². The van der Waals surface area contributed by atoms with E-state index in [1.54, 1.807) is 23.9 Å². The van der Waals surface area contributed by atoms with Crippen LogP contribution in [0.1, 0.15) is 39.1 Å². The molecule has 6 nitrogen and oxygen atoms in total. The molecule has 0 radical (unpaired) electrons. The molecule has 136 valence electrons. The van der Waals surface area contributed by atoms with E-state index in [0.29, 0.717) is 11.1 Å². The molecule has 4 rings (SSSR count). The van der Waals surface area contributed by atoms with Crippen LogP contribution >= 0.6 is 11.8 Å². The summed E-state index contributed by atoms with van der Waals surface area (Å²) in [5.41, 5.74) is 1.77. The van der Waals surface area contributed by atoms with Crippen LogP contribution in [0, 0.1) is 0 Å². The van der Waals surface area contributed by atoms with Crippen molar-refractivity contribution in [3.63, 3.8) is 0 Å². The molecule has 2 aromatic rings. The molecule has 1 saturated heterocycles. The van der Waals surface area contributed by atoms with E-state index in [4.69, 9.17) is 0 Å². The molecule has 1 unspecified atom stereocenters. The van der Waals surface area contributed by atoms with E-state index in [0.717, 1.165) is 21.1 Å². The second-order valence-electron chi connectivity index (χ2n) is 6.43. The molecule has 2 heterocycles. The monoisotopic (exact) mass is 380 g/mol. The van der Waals surface area contributed by atoms with E-state index in [2.05, 4.69) is 5.32 Å². The molecule has 2 aliphatic rings. The first-order chi connectivity index (χ1) is 13.0. The minimum absolute atomic E-state index is 0.113. The molecule has 1 atom stereocenters. The van der Waals surface area contributed by atoms with E-state index in [9.17, 15) is 19.2 Å². The van der Waals surface area contributed by atoms with Crippen LogP contribution in [0.5, 0.6) is 0 Å². The lowest BCUT2D eigenvalue weighted by molar-refractivity contribution is -0.136. The van der Waals surface area contributed by atoms with Crippen LogP contribution in [-0.2, 0) is 15.3 Å². The molecule has 0 spiro atoms. The van der Waals surface area contributed by atoms with E-state index in [1.807, 2.05) is 36.4 Å². The first-order valence-electron chi connectivity index (χ1n) is 8.57. The normalized spacial score (nSPS) is 19.3. The number of thioether (sulfide) groups is 1. The molecule has 1 N–H and O–H groups in total. The van der Waals surface area contributed by atoms with Gasteiger partial charge in [0.15, 0.2) is 0 Å². The van der Waals surface area contributed by atoms with Gasteiger partial charge in [0.2, 0.25) is 11.8 Å². The SMILES string of the molecule is O=C1CCC(N2C(=O)c3ccc(SCc4ccccc4)cc3C2=O)C(=O)N1. The third-order valence-electron chi connectivity index (χ3n) is 4.66. The smallest absolute Gasteiger partial charge is 0.262 e. The summed E-state index contributed by atoms with van der Waals surface area (Å²) in [4.78, 5) is 50.7. The number of amides is 4. The minimum atomic E-state index is -0.935. The van der Waals surface area contributed by atoms with Gasteiger partial charge in [-0.25, -0.2) is 0 Å². The lowest BCUT2D eigenvalue weighted by atomic mass is 10.0. The highest BCUT2D eigenvalue weighted by molar-refractivity contribution is 7.98. The molecule has 0 aliphatic carbocycles. The number of piperidine rings is 1. The number of fused-ring (bicyclic) bond motifs is 1. The Kier molecular flexibility index (Phi) is 4.53. The van der Waals surface area contributed by atoms with Crippen molar-refractivity contribution in [2.75, 3.05) is 0 Å². The number of nitrogens with one attached hydrogen (secondary N) is 1. The molecule has 1 fully saturated rings. The zero-order valence-electron chi connectivity index (χ0n) is 14.3. The Bertz CT molecular complexity index is 958. The fraction of sp³-hybridized carbons (Fsp3) is 0.200. The van der Waals surface area contributed by atoms with Crippen LogP contribution in [-0.4, -0.2) is 34.6 Å². The van der Waals surface area contributed by atoms with Gasteiger partial charge in [0, 0.05) is 17.1 Å². The Morgan fingerprint density at radius 1 is 0.963 bits per heavy atom. The highest BCUT2D eigenvalue weighted by atomic mass is 32.2. The topological polar surface area (TPSA) is 83.6 Å². The van der Waals surface area contributed by atoms with Gasteiger partial charge in [-0.2, -0.15) is 0 Å². The first kappa shape index (κ1) is 17.5. The quantitative estimate of drug-likeness (QED) is 0.650. The number of nitrogens with zero attached hydrogens (tertiary/aromatic N) is 1. The fourth-order valence-electron chi connectivity index (χ4n) is 3.28. The van der Waals surface area contributed by atoms with Gasteiger partial charge in [0.05, 0.1) is 11.1 Å². The summed E-state index contributed by atoms with van der Waals surface area (Å²) >= 11 is 1.57. The highest BCUT2D eigenvalue weighted by Crippen LogP contribution is 2.32. The molecule has 27 heavy (non-hydrogen) atoms. The number of carbonyl (C=O) groups excluding carboxylic acids is 4. The summed E-state index contributed by atoms with van der Waals surface area (Å²) in [6.45, 7) is 0. The molecular weight excluding hydrogens is 364 g/mol. The predicted molar refractivity (Wildman–Crippen MR) is 99.1 cm³/mol. The van der Waals surface area contributed by atoms with Crippen molar-refractivity contribution in [1.82, 2.24) is 10.2 Å². The Labute approximate surface area is 159 Å². The molecule has 4 amide bonds. The lowest BCUT2D eigenvalue weighted by Crippen LogP contribution is -2.54. The van der Waals surface area contributed by atoms with Crippen molar-refractivity contribution in [3.8, 4) is 0 Å². The average molecular weight is 380 g/mol. The average Bonchev–Trinajstić information content (AvgIpc) is 2.92. The van der Waals surface area contributed by atoms with Crippen LogP contribution < -0.4 is 5.32 Å². The number of hydrogen-bond donors (Lipinski definition) is 1. The van der Waals surface area contributed by atoms with Gasteiger partial charge < -0.3 is 0 Å². The van der Waals surface area contributed by atoms with Crippen molar-refractivity contribution >= 4 is 35.4 Å². The minimum Gasteiger partial charge on any atom is -0.295 e. The number of imide groups is 2. The Hall–Kier alpha value is -2.93. The summed E-state index contributed by atoms with van der Waals surface area (Å²) in [5.74, 6) is -1.19. The van der Waals surface area contributed by atoms with Crippen LogP contribution in [0.3, 0.4) is 0 Å². The zero-order valence-corrected chi connectivity index (χ0v) is 15.1. The molecule has 0 aromatic heterocycles. The van der Waals surface area contributed by atoms with Gasteiger partial charge in [-0.1, -0.05) is 30.3 Å². The van der Waals surface area contributed by atoms with Gasteiger partial charge >= 0.3 is 0 Å². The van der Waals surface area contributed by atoms with Crippen molar-refractivity contribution in [3.05, 3.63) is 65.2 Å². The number of rotatable bonds is 4. The molecular formula is C20H16N2O4S. The van der Waals surface area contributed by atoms with Crippen LogP contribution in [0.15, 0.2) is 53.4 Å². The van der Waals surface area contributed by atoms with Gasteiger partial charge in [0.25, 0.3) is 11.8 Å². The molecule has 0 bridgehead atoms. The Morgan fingerprint density at radius 3 is 2.44 bits per heavy atom. The van der Waals surface area contributed by atoms with Crippen molar-refractivity contribution in [2.24, 2.45) is 0 Å². The highest BCUT2D eigenvalue weighted by Gasteiger charge is 2.44. The van der Waals surface area contributed by atoms with E-state index >= 15 is 0 Å². The van der Waals surface area contributed by atoms with Crippen molar-refractivity contribution < 1.29 is 19.2 Å². The Balaban J connectivity index is 1.54. The second kappa shape index (κ2) is 7.00. The maximum atomic E-state index is 12.8. The number of benzene rings is 2. The summed E-state index contributed by atoms with van der Waals surface area (Å²) in [6.07, 6.45) is 0.272. The van der Waals surface area contributed by atoms with Gasteiger partial charge in [-0.05, 0) is 30.2 Å². The van der Waals surface area contributed by atoms with Gasteiger partial charge in [-0.15, -0.1) is 11.8 Å². The number of carbonyl (C=O) groups is 4. The van der Waals surface area contributed by atoms with Crippen LogP contribution in [0.2, 0.25) is 0 Å². The summed E-state index contributed by atoms with van der Waals surface area (Å²) in [7, 11) is 0. The van der Waals surface area contributed by atoms with E-state index in [1.165, 1.54) is 0 Å². The maximum Gasteiger partial charge on any atom is 0.262 e.